The van der Waals surface area contributed by atoms with Gasteiger partial charge in [0.1, 0.15) is 5.41 Å². The largest absolute Gasteiger partial charge is 0.466 e. The average molecular weight is 437 g/mol. The van der Waals surface area contributed by atoms with Crippen LogP contribution in [0.1, 0.15) is 46.0 Å². The van der Waals surface area contributed by atoms with E-state index in [9.17, 15) is 24.6 Å². The van der Waals surface area contributed by atoms with E-state index in [0.29, 0.717) is 6.42 Å². The van der Waals surface area contributed by atoms with Crippen LogP contribution in [-0.2, 0) is 28.6 Å². The molecule has 4 rings (SSSR count). The second-order valence-electron chi connectivity index (χ2n) is 10.3. The minimum atomic E-state index is -1.33. The Balaban J connectivity index is 1.79. The number of ether oxygens (including phenoxy) is 3. The number of carbonyl (C=O) groups excluding carboxylic acids is 3. The van der Waals surface area contributed by atoms with Crippen molar-refractivity contribution in [3.05, 3.63) is 12.2 Å². The van der Waals surface area contributed by atoms with E-state index in [0.717, 1.165) is 12.8 Å². The summed E-state index contributed by atoms with van der Waals surface area (Å²) in [5, 5.41) is 23.1. The molecule has 2 N–H and O–H groups in total. The first-order valence-electron chi connectivity index (χ1n) is 11.0. The normalized spacial score (nSPS) is 45.7. The van der Waals surface area contributed by atoms with Crippen molar-refractivity contribution in [2.45, 2.75) is 58.2 Å². The summed E-state index contributed by atoms with van der Waals surface area (Å²) in [6, 6.07) is 0. The monoisotopic (exact) mass is 436 g/mol. The summed E-state index contributed by atoms with van der Waals surface area (Å²) >= 11 is 0. The highest BCUT2D eigenvalue weighted by atomic mass is 16.5. The first-order valence-corrected chi connectivity index (χ1v) is 11.0. The van der Waals surface area contributed by atoms with Gasteiger partial charge in [-0.25, -0.2) is 4.79 Å². The molecule has 2 bridgehead atoms. The van der Waals surface area contributed by atoms with E-state index in [1.54, 1.807) is 0 Å². The van der Waals surface area contributed by atoms with Gasteiger partial charge < -0.3 is 24.4 Å². The molecule has 4 aliphatic rings. The van der Waals surface area contributed by atoms with Crippen LogP contribution in [0.15, 0.2) is 12.2 Å². The van der Waals surface area contributed by atoms with E-state index in [2.05, 4.69) is 6.58 Å². The maximum absolute atomic E-state index is 13.3. The molecule has 3 saturated carbocycles. The van der Waals surface area contributed by atoms with Gasteiger partial charge in [-0.3, -0.25) is 9.59 Å². The Kier molecular flexibility index (Phi) is 5.25. The quantitative estimate of drug-likeness (QED) is 0.385. The molecule has 8 atom stereocenters. The van der Waals surface area contributed by atoms with Crippen LogP contribution in [0.2, 0.25) is 0 Å². The van der Waals surface area contributed by atoms with Crippen LogP contribution in [0.5, 0.6) is 0 Å². The van der Waals surface area contributed by atoms with Gasteiger partial charge in [0.25, 0.3) is 0 Å². The lowest BCUT2D eigenvalue weighted by molar-refractivity contribution is -0.206. The molecule has 3 aliphatic carbocycles. The van der Waals surface area contributed by atoms with Gasteiger partial charge in [-0.1, -0.05) is 19.9 Å². The zero-order chi connectivity index (χ0) is 22.8. The third kappa shape index (κ3) is 2.90. The minimum Gasteiger partial charge on any atom is -0.466 e. The molecule has 8 heteroatoms. The van der Waals surface area contributed by atoms with Gasteiger partial charge in [0.05, 0.1) is 32.5 Å². The Hall–Kier alpha value is -1.93. The highest BCUT2D eigenvalue weighted by Crippen LogP contribution is 2.73. The molecular formula is C23H32O8. The van der Waals surface area contributed by atoms with Crippen LogP contribution >= 0.6 is 0 Å². The molecular weight excluding hydrogens is 404 g/mol. The topological polar surface area (TPSA) is 119 Å². The standard InChI is InChI=1S/C23H32O8/c1-12(19(27)29-4)14-8-15(25)16-22-7-5-6-21(3,10-30-13(2)24)17(22)18(26)23(16,9-14)20(28)31-11-22/h14-18,25-26H,1,5-11H2,2-4H3. The maximum atomic E-state index is 13.3. The van der Waals surface area contributed by atoms with Crippen LogP contribution < -0.4 is 0 Å². The number of carbonyl (C=O) groups is 3. The van der Waals surface area contributed by atoms with Crippen LogP contribution in [0.3, 0.4) is 0 Å². The molecule has 0 aromatic carbocycles. The third-order valence-electron chi connectivity index (χ3n) is 8.67. The molecule has 0 radical (unpaired) electrons. The SMILES string of the molecule is C=C(C(=O)OC)C1CC(O)C2C34CCCC(C)(COC(C)=O)C3C(O)C2(C1)C(=O)OC4. The Morgan fingerprint density at radius 1 is 1.26 bits per heavy atom. The lowest BCUT2D eigenvalue weighted by atomic mass is 9.51. The van der Waals surface area contributed by atoms with Gasteiger partial charge in [-0.15, -0.1) is 0 Å². The van der Waals surface area contributed by atoms with Gasteiger partial charge >= 0.3 is 17.9 Å². The summed E-state index contributed by atoms with van der Waals surface area (Å²) in [7, 11) is 1.26. The number of cyclic esters (lactones) is 1. The molecule has 1 saturated heterocycles. The Morgan fingerprint density at radius 2 is 1.97 bits per heavy atom. The number of esters is 3. The van der Waals surface area contributed by atoms with Crippen molar-refractivity contribution in [3.63, 3.8) is 0 Å². The first kappa shape index (κ1) is 22.3. The molecule has 1 aliphatic heterocycles. The number of methoxy groups -OCH3 is 1. The van der Waals surface area contributed by atoms with Crippen LogP contribution in [0.25, 0.3) is 0 Å². The fourth-order valence-corrected chi connectivity index (χ4v) is 7.67. The maximum Gasteiger partial charge on any atom is 0.333 e. The first-order chi connectivity index (χ1) is 14.5. The number of hydrogen-bond acceptors (Lipinski definition) is 8. The number of hydrogen-bond donors (Lipinski definition) is 2. The van der Waals surface area contributed by atoms with Gasteiger partial charge in [-0.2, -0.15) is 0 Å². The fraction of sp³-hybridized carbons (Fsp3) is 0.783. The van der Waals surface area contributed by atoms with E-state index in [1.807, 2.05) is 6.92 Å². The summed E-state index contributed by atoms with van der Waals surface area (Å²) in [5.41, 5.74) is -2.30. The van der Waals surface area contributed by atoms with Crippen molar-refractivity contribution in [2.75, 3.05) is 20.3 Å². The molecule has 8 nitrogen and oxygen atoms in total. The molecule has 0 aromatic heterocycles. The summed E-state index contributed by atoms with van der Waals surface area (Å²) in [6.45, 7) is 7.44. The van der Waals surface area contributed by atoms with Crippen LogP contribution in [-0.4, -0.2) is 60.7 Å². The van der Waals surface area contributed by atoms with Crippen molar-refractivity contribution >= 4 is 17.9 Å². The fourth-order valence-electron chi connectivity index (χ4n) is 7.67. The lowest BCUT2D eigenvalue weighted by Gasteiger charge is -2.56. The van der Waals surface area contributed by atoms with Crippen molar-refractivity contribution < 1.29 is 38.8 Å². The Labute approximate surface area is 181 Å². The summed E-state index contributed by atoms with van der Waals surface area (Å²) in [4.78, 5) is 36.9. The van der Waals surface area contributed by atoms with E-state index in [1.165, 1.54) is 14.0 Å². The van der Waals surface area contributed by atoms with Gasteiger partial charge in [0.2, 0.25) is 0 Å². The highest BCUT2D eigenvalue weighted by molar-refractivity contribution is 5.89. The second-order valence-corrected chi connectivity index (χ2v) is 10.3. The zero-order valence-corrected chi connectivity index (χ0v) is 18.4. The summed E-state index contributed by atoms with van der Waals surface area (Å²) in [5.74, 6) is -2.88. The number of aliphatic hydroxyl groups is 2. The van der Waals surface area contributed by atoms with Crippen molar-refractivity contribution in [1.82, 2.24) is 0 Å². The summed E-state index contributed by atoms with van der Waals surface area (Å²) < 4.78 is 15.9. The predicted molar refractivity (Wildman–Crippen MR) is 107 cm³/mol. The molecule has 0 aromatic rings. The number of aliphatic hydroxyl groups excluding tert-OH is 2. The van der Waals surface area contributed by atoms with Gasteiger partial charge in [-0.05, 0) is 31.6 Å². The Morgan fingerprint density at radius 3 is 2.61 bits per heavy atom. The lowest BCUT2D eigenvalue weighted by Crippen LogP contribution is -2.60. The highest BCUT2D eigenvalue weighted by Gasteiger charge is 2.79. The molecule has 4 fully saturated rings. The second kappa shape index (κ2) is 7.30. The molecule has 8 unspecified atom stereocenters. The van der Waals surface area contributed by atoms with E-state index >= 15 is 0 Å². The van der Waals surface area contributed by atoms with E-state index < -0.39 is 58.2 Å². The van der Waals surface area contributed by atoms with E-state index in [-0.39, 0.29) is 37.5 Å². The molecule has 172 valence electrons. The average Bonchev–Trinajstić information content (AvgIpc) is 2.92. The van der Waals surface area contributed by atoms with Crippen LogP contribution in [0, 0.1) is 34.0 Å². The molecule has 0 amide bonds. The smallest absolute Gasteiger partial charge is 0.333 e. The molecule has 1 heterocycles. The number of rotatable bonds is 4. The summed E-state index contributed by atoms with van der Waals surface area (Å²) in [6.07, 6.45) is 0.717. The van der Waals surface area contributed by atoms with Crippen LogP contribution in [0.4, 0.5) is 0 Å². The van der Waals surface area contributed by atoms with E-state index in [4.69, 9.17) is 14.2 Å². The third-order valence-corrected chi connectivity index (χ3v) is 8.67. The van der Waals surface area contributed by atoms with Crippen molar-refractivity contribution in [3.8, 4) is 0 Å². The van der Waals surface area contributed by atoms with Gasteiger partial charge in [0, 0.05) is 35.2 Å². The van der Waals surface area contributed by atoms with Crippen molar-refractivity contribution in [2.24, 2.45) is 34.0 Å². The minimum absolute atomic E-state index is 0.134. The molecule has 1 spiro atoms. The molecule has 31 heavy (non-hydrogen) atoms. The van der Waals surface area contributed by atoms with Gasteiger partial charge in [0.15, 0.2) is 0 Å². The predicted octanol–water partition coefficient (Wildman–Crippen LogP) is 1.38. The van der Waals surface area contributed by atoms with Crippen molar-refractivity contribution in [1.29, 1.82) is 0 Å². The Bertz CT molecular complexity index is 822. The zero-order valence-electron chi connectivity index (χ0n) is 18.4.